The lowest BCUT2D eigenvalue weighted by Gasteiger charge is -2.15. The molecule has 10 heteroatoms. The van der Waals surface area contributed by atoms with Crippen LogP contribution in [0.1, 0.15) is 25.3 Å². The van der Waals surface area contributed by atoms with Gasteiger partial charge in [0.25, 0.3) is 5.69 Å². The number of hydrogen-bond donors (Lipinski definition) is 1. The topological polar surface area (TPSA) is 130 Å². The molecule has 1 aromatic rings. The Bertz CT molecular complexity index is 791. The monoisotopic (exact) mass is 362 g/mol. The molecule has 0 bridgehead atoms. The normalized spacial score (nSPS) is 14.2. The largest absolute Gasteiger partial charge is 0.334 e. The number of rotatable bonds is 7. The molecule has 1 saturated heterocycles. The first kappa shape index (κ1) is 19.0. The fourth-order valence-electron chi connectivity index (χ4n) is 2.49. The van der Waals surface area contributed by atoms with Crippen LogP contribution in [0.2, 0.25) is 0 Å². The predicted octanol–water partition coefficient (Wildman–Crippen LogP) is 1.43. The first-order chi connectivity index (χ1) is 12.3. The molecule has 0 spiro atoms. The minimum Gasteiger partial charge on any atom is -0.324 e. The summed E-state index contributed by atoms with van der Waals surface area (Å²) < 4.78 is 0. The number of hydrogen-bond acceptors (Lipinski definition) is 6. The van der Waals surface area contributed by atoms with E-state index >= 15 is 0 Å². The highest BCUT2D eigenvalue weighted by Gasteiger charge is 2.44. The standard InChI is InChI=1S/C16H18N4O6/c1-3-4-8-18-14(22)15(23)19(16(18)24)9-13(21)17-11-6-5-7-12(10(11)2)20(25)26/h5-7H,3-4,8-9H2,1-2H3,(H,17,21). The lowest BCUT2D eigenvalue weighted by Crippen LogP contribution is -2.39. The van der Waals surface area contributed by atoms with Crippen molar-refractivity contribution in [2.45, 2.75) is 26.7 Å². The van der Waals surface area contributed by atoms with E-state index in [1.807, 2.05) is 6.92 Å². The zero-order valence-corrected chi connectivity index (χ0v) is 14.4. The van der Waals surface area contributed by atoms with E-state index in [1.54, 1.807) is 0 Å². The summed E-state index contributed by atoms with van der Waals surface area (Å²) in [5.41, 5.74) is 0.264. The Morgan fingerprint density at radius 2 is 1.85 bits per heavy atom. The van der Waals surface area contributed by atoms with E-state index in [0.717, 1.165) is 11.3 Å². The van der Waals surface area contributed by atoms with E-state index in [-0.39, 0.29) is 23.5 Å². The summed E-state index contributed by atoms with van der Waals surface area (Å²) in [6.45, 7) is 2.81. The van der Waals surface area contributed by atoms with Crippen LogP contribution in [0.25, 0.3) is 0 Å². The number of nitro groups is 1. The summed E-state index contributed by atoms with van der Waals surface area (Å²) in [4.78, 5) is 59.9. The number of nitrogens with one attached hydrogen (secondary N) is 1. The molecule has 0 saturated carbocycles. The number of urea groups is 1. The Morgan fingerprint density at radius 3 is 2.46 bits per heavy atom. The molecule has 1 aliphatic rings. The lowest BCUT2D eigenvalue weighted by atomic mass is 10.1. The summed E-state index contributed by atoms with van der Waals surface area (Å²) in [7, 11) is 0. The number of nitro benzene ring substituents is 1. The Morgan fingerprint density at radius 1 is 1.19 bits per heavy atom. The second kappa shape index (κ2) is 7.72. The summed E-state index contributed by atoms with van der Waals surface area (Å²) in [5.74, 6) is -2.75. The van der Waals surface area contributed by atoms with Gasteiger partial charge >= 0.3 is 17.8 Å². The van der Waals surface area contributed by atoms with Crippen molar-refractivity contribution in [3.63, 3.8) is 0 Å². The van der Waals surface area contributed by atoms with Gasteiger partial charge in [-0.25, -0.2) is 9.69 Å². The van der Waals surface area contributed by atoms with Crippen LogP contribution in [0.4, 0.5) is 16.2 Å². The molecule has 1 heterocycles. The molecule has 1 aliphatic heterocycles. The first-order valence-electron chi connectivity index (χ1n) is 7.99. The van der Waals surface area contributed by atoms with Crippen molar-refractivity contribution < 1.29 is 24.1 Å². The number of anilines is 1. The van der Waals surface area contributed by atoms with Crippen molar-refractivity contribution >= 4 is 35.1 Å². The quantitative estimate of drug-likeness (QED) is 0.338. The molecular weight excluding hydrogens is 344 g/mol. The van der Waals surface area contributed by atoms with Crippen LogP contribution < -0.4 is 5.32 Å². The van der Waals surface area contributed by atoms with E-state index in [1.165, 1.54) is 25.1 Å². The van der Waals surface area contributed by atoms with Crippen LogP contribution in [0.5, 0.6) is 0 Å². The van der Waals surface area contributed by atoms with Crippen LogP contribution in [0.15, 0.2) is 18.2 Å². The van der Waals surface area contributed by atoms with Gasteiger partial charge in [-0.3, -0.25) is 29.4 Å². The van der Waals surface area contributed by atoms with Gasteiger partial charge in [0.05, 0.1) is 16.2 Å². The molecule has 0 radical (unpaired) electrons. The Kier molecular flexibility index (Phi) is 5.65. The molecule has 26 heavy (non-hydrogen) atoms. The summed E-state index contributed by atoms with van der Waals surface area (Å²) in [6, 6.07) is 3.33. The predicted molar refractivity (Wildman–Crippen MR) is 90.2 cm³/mol. The third-order valence-electron chi connectivity index (χ3n) is 3.95. The molecule has 0 aliphatic carbocycles. The Labute approximate surface area is 148 Å². The number of imide groups is 2. The van der Waals surface area contributed by atoms with Crippen LogP contribution in [0, 0.1) is 17.0 Å². The number of amides is 5. The van der Waals surface area contributed by atoms with Gasteiger partial charge in [-0.1, -0.05) is 19.4 Å². The second-order valence-corrected chi connectivity index (χ2v) is 5.74. The van der Waals surface area contributed by atoms with Crippen molar-refractivity contribution in [1.82, 2.24) is 9.80 Å². The lowest BCUT2D eigenvalue weighted by molar-refractivity contribution is -0.385. The Hall–Kier alpha value is -3.30. The number of carbonyl (C=O) groups excluding carboxylic acids is 4. The van der Waals surface area contributed by atoms with Gasteiger partial charge in [-0.05, 0) is 19.4 Å². The maximum atomic E-state index is 12.2. The maximum absolute atomic E-state index is 12.2. The molecule has 138 valence electrons. The van der Waals surface area contributed by atoms with Gasteiger partial charge in [-0.2, -0.15) is 0 Å². The molecule has 0 unspecified atom stereocenters. The van der Waals surface area contributed by atoms with E-state index in [4.69, 9.17) is 0 Å². The summed E-state index contributed by atoms with van der Waals surface area (Å²) in [6.07, 6.45) is 1.29. The highest BCUT2D eigenvalue weighted by molar-refractivity contribution is 6.45. The molecule has 1 fully saturated rings. The van der Waals surface area contributed by atoms with E-state index < -0.39 is 35.2 Å². The zero-order chi connectivity index (χ0) is 19.4. The van der Waals surface area contributed by atoms with E-state index in [0.29, 0.717) is 11.3 Å². The van der Waals surface area contributed by atoms with Gasteiger partial charge < -0.3 is 5.32 Å². The molecule has 5 amide bonds. The van der Waals surface area contributed by atoms with Crippen molar-refractivity contribution in [2.24, 2.45) is 0 Å². The maximum Gasteiger partial charge on any atom is 0.334 e. The smallest absolute Gasteiger partial charge is 0.324 e. The number of nitrogens with zero attached hydrogens (tertiary/aromatic N) is 3. The van der Waals surface area contributed by atoms with Crippen molar-refractivity contribution in [2.75, 3.05) is 18.4 Å². The molecular formula is C16H18N4O6. The summed E-state index contributed by atoms with van der Waals surface area (Å²) in [5, 5.41) is 13.4. The zero-order valence-electron chi connectivity index (χ0n) is 14.4. The highest BCUT2D eigenvalue weighted by atomic mass is 16.6. The first-order valence-corrected chi connectivity index (χ1v) is 7.99. The van der Waals surface area contributed by atoms with Crippen LogP contribution in [-0.4, -0.2) is 51.6 Å². The SMILES string of the molecule is CCCCN1C(=O)C(=O)N(CC(=O)Nc2cccc([N+](=O)[O-])c2C)C1=O. The van der Waals surface area contributed by atoms with Crippen molar-refractivity contribution in [1.29, 1.82) is 0 Å². The fourth-order valence-corrected chi connectivity index (χ4v) is 2.49. The van der Waals surface area contributed by atoms with Gasteiger partial charge in [0.1, 0.15) is 6.54 Å². The minimum atomic E-state index is -1.06. The minimum absolute atomic E-state index is 0.113. The molecule has 2 rings (SSSR count). The molecule has 10 nitrogen and oxygen atoms in total. The number of unbranched alkanes of at least 4 members (excludes halogenated alkanes) is 1. The average Bonchev–Trinajstić information content (AvgIpc) is 2.78. The molecule has 1 aromatic carbocycles. The van der Waals surface area contributed by atoms with Crippen molar-refractivity contribution in [3.8, 4) is 0 Å². The van der Waals surface area contributed by atoms with Crippen molar-refractivity contribution in [3.05, 3.63) is 33.9 Å². The Balaban J connectivity index is 2.10. The van der Waals surface area contributed by atoms with Crippen LogP contribution >= 0.6 is 0 Å². The molecule has 0 atom stereocenters. The van der Waals surface area contributed by atoms with Gasteiger partial charge in [0, 0.05) is 12.6 Å². The second-order valence-electron chi connectivity index (χ2n) is 5.74. The average molecular weight is 362 g/mol. The number of carbonyl (C=O) groups is 4. The third-order valence-corrected chi connectivity index (χ3v) is 3.95. The third kappa shape index (κ3) is 3.68. The van der Waals surface area contributed by atoms with Gasteiger partial charge in [0.2, 0.25) is 5.91 Å². The van der Waals surface area contributed by atoms with E-state index in [2.05, 4.69) is 5.32 Å². The van der Waals surface area contributed by atoms with Crippen LogP contribution in [0.3, 0.4) is 0 Å². The fraction of sp³-hybridized carbons (Fsp3) is 0.375. The van der Waals surface area contributed by atoms with E-state index in [9.17, 15) is 29.3 Å². The summed E-state index contributed by atoms with van der Waals surface area (Å²) >= 11 is 0. The molecule has 0 aromatic heterocycles. The highest BCUT2D eigenvalue weighted by Crippen LogP contribution is 2.25. The van der Waals surface area contributed by atoms with Gasteiger partial charge in [-0.15, -0.1) is 0 Å². The van der Waals surface area contributed by atoms with Crippen LogP contribution in [-0.2, 0) is 14.4 Å². The number of benzene rings is 1. The van der Waals surface area contributed by atoms with Gasteiger partial charge in [0.15, 0.2) is 0 Å². The molecule has 1 N–H and O–H groups in total.